The van der Waals surface area contributed by atoms with Gasteiger partial charge in [0.2, 0.25) is 10.0 Å². The van der Waals surface area contributed by atoms with Crippen LogP contribution in [0.1, 0.15) is 6.92 Å². The molecular weight excluding hydrogens is 232 g/mol. The summed E-state index contributed by atoms with van der Waals surface area (Å²) < 4.78 is 26.0. The van der Waals surface area contributed by atoms with Crippen molar-refractivity contribution in [3.8, 4) is 0 Å². The molecule has 0 fully saturated rings. The third-order valence-electron chi connectivity index (χ3n) is 1.75. The number of carbonyl (C=O) groups is 1. The highest BCUT2D eigenvalue weighted by atomic mass is 32.2. The van der Waals surface area contributed by atoms with Crippen molar-refractivity contribution >= 4 is 16.1 Å². The van der Waals surface area contributed by atoms with E-state index in [1.54, 1.807) is 6.92 Å². The van der Waals surface area contributed by atoms with E-state index in [-0.39, 0.29) is 12.3 Å². The summed E-state index contributed by atoms with van der Waals surface area (Å²) in [6.07, 6.45) is 4.29. The number of hydrogen-bond acceptors (Lipinski definition) is 4. The Morgan fingerprint density at radius 2 is 2.25 bits per heavy atom. The lowest BCUT2D eigenvalue weighted by molar-refractivity contribution is 0.243. The lowest BCUT2D eigenvalue weighted by Gasteiger charge is -2.06. The van der Waals surface area contributed by atoms with E-state index in [0.717, 1.165) is 0 Å². The van der Waals surface area contributed by atoms with Gasteiger partial charge < -0.3 is 5.32 Å². The molecule has 0 unspecified atom stereocenters. The second kappa shape index (κ2) is 5.61. The molecule has 1 rings (SSSR count). The molecule has 0 saturated carbocycles. The van der Waals surface area contributed by atoms with Crippen LogP contribution in [0.15, 0.2) is 18.7 Å². The van der Waals surface area contributed by atoms with Crippen LogP contribution >= 0.6 is 0 Å². The van der Waals surface area contributed by atoms with Gasteiger partial charge in [-0.2, -0.15) is 0 Å². The molecule has 0 aliphatic heterocycles. The Labute approximate surface area is 93.9 Å². The van der Waals surface area contributed by atoms with Gasteiger partial charge in [-0.1, -0.05) is 6.92 Å². The van der Waals surface area contributed by atoms with Crippen molar-refractivity contribution in [3.05, 3.63) is 18.7 Å². The first-order valence-corrected chi connectivity index (χ1v) is 6.44. The van der Waals surface area contributed by atoms with Crippen molar-refractivity contribution in [2.24, 2.45) is 0 Å². The summed E-state index contributed by atoms with van der Waals surface area (Å²) in [6, 6.07) is -0.399. The molecule has 0 saturated heterocycles. The zero-order chi connectivity index (χ0) is 12.0. The smallest absolute Gasteiger partial charge is 0.326 e. The first-order chi connectivity index (χ1) is 7.55. The number of carbonyl (C=O) groups excluding carboxylic acids is 1. The van der Waals surface area contributed by atoms with Crippen LogP contribution < -0.4 is 10.0 Å². The predicted octanol–water partition coefficient (Wildman–Crippen LogP) is -0.620. The molecule has 90 valence electrons. The van der Waals surface area contributed by atoms with E-state index in [1.807, 2.05) is 0 Å². The minimum Gasteiger partial charge on any atom is -0.336 e. The molecular formula is C8H14N4O3S. The topological polar surface area (TPSA) is 93.1 Å². The predicted molar refractivity (Wildman–Crippen MR) is 58.5 cm³/mol. The van der Waals surface area contributed by atoms with Gasteiger partial charge in [-0.3, -0.25) is 4.57 Å². The number of rotatable bonds is 5. The minimum absolute atomic E-state index is 0.0619. The van der Waals surface area contributed by atoms with Crippen LogP contribution in [0.5, 0.6) is 0 Å². The molecule has 0 aliphatic carbocycles. The van der Waals surface area contributed by atoms with Gasteiger partial charge in [0.15, 0.2) is 0 Å². The van der Waals surface area contributed by atoms with Gasteiger partial charge in [0.1, 0.15) is 6.33 Å². The van der Waals surface area contributed by atoms with E-state index in [2.05, 4.69) is 15.0 Å². The van der Waals surface area contributed by atoms with Crippen LogP contribution in [0.25, 0.3) is 0 Å². The Kier molecular flexibility index (Phi) is 4.44. The molecule has 0 aliphatic rings. The van der Waals surface area contributed by atoms with Crippen molar-refractivity contribution in [1.29, 1.82) is 0 Å². The standard InChI is InChI=1S/C8H14N4O3S/c1-2-11-16(14,15)6-4-10-8(13)12-5-3-9-7-12/h3,5,7,11H,2,4,6H2,1H3,(H,10,13). The van der Waals surface area contributed by atoms with Crippen molar-refractivity contribution in [2.45, 2.75) is 6.92 Å². The first kappa shape index (κ1) is 12.7. The maximum atomic E-state index is 11.3. The maximum Gasteiger partial charge on any atom is 0.326 e. The van der Waals surface area contributed by atoms with Crippen LogP contribution in [-0.2, 0) is 10.0 Å². The zero-order valence-corrected chi connectivity index (χ0v) is 9.70. The maximum absolute atomic E-state index is 11.3. The third-order valence-corrected chi connectivity index (χ3v) is 3.22. The highest BCUT2D eigenvalue weighted by Crippen LogP contribution is 1.86. The molecule has 1 amide bonds. The number of imidazole rings is 1. The monoisotopic (exact) mass is 246 g/mol. The summed E-state index contributed by atoms with van der Waals surface area (Å²) in [7, 11) is -3.29. The Morgan fingerprint density at radius 1 is 1.50 bits per heavy atom. The molecule has 0 spiro atoms. The fourth-order valence-electron chi connectivity index (χ4n) is 1.05. The molecule has 0 aromatic carbocycles. The molecule has 8 heteroatoms. The van der Waals surface area contributed by atoms with Crippen molar-refractivity contribution in [3.63, 3.8) is 0 Å². The SMILES string of the molecule is CCNS(=O)(=O)CCNC(=O)n1ccnc1. The van der Waals surface area contributed by atoms with Gasteiger partial charge in [0.05, 0.1) is 5.75 Å². The van der Waals surface area contributed by atoms with Crippen LogP contribution in [0.4, 0.5) is 4.79 Å². The summed E-state index contributed by atoms with van der Waals surface area (Å²) in [6.45, 7) is 2.10. The van der Waals surface area contributed by atoms with Gasteiger partial charge >= 0.3 is 6.03 Å². The fourth-order valence-corrected chi connectivity index (χ4v) is 2.01. The van der Waals surface area contributed by atoms with Gasteiger partial charge in [-0.05, 0) is 0 Å². The summed E-state index contributed by atoms with van der Waals surface area (Å²) in [5, 5.41) is 2.46. The van der Waals surface area contributed by atoms with Crippen LogP contribution in [0.2, 0.25) is 0 Å². The third kappa shape index (κ3) is 3.99. The van der Waals surface area contributed by atoms with E-state index in [4.69, 9.17) is 0 Å². The van der Waals surface area contributed by atoms with Crippen molar-refractivity contribution in [2.75, 3.05) is 18.8 Å². The van der Waals surface area contributed by atoms with E-state index < -0.39 is 16.1 Å². The largest absolute Gasteiger partial charge is 0.336 e. The van der Waals surface area contributed by atoms with Gasteiger partial charge in [0.25, 0.3) is 0 Å². The molecule has 2 N–H and O–H groups in total. The molecule has 1 aromatic rings. The van der Waals surface area contributed by atoms with E-state index in [1.165, 1.54) is 23.3 Å². The lowest BCUT2D eigenvalue weighted by atomic mass is 10.7. The number of aromatic nitrogens is 2. The summed E-state index contributed by atoms with van der Waals surface area (Å²) in [4.78, 5) is 15.0. The number of amides is 1. The van der Waals surface area contributed by atoms with Gasteiger partial charge in [0, 0.05) is 25.5 Å². The van der Waals surface area contributed by atoms with Crippen molar-refractivity contribution in [1.82, 2.24) is 19.6 Å². The Balaban J connectivity index is 2.34. The van der Waals surface area contributed by atoms with E-state index >= 15 is 0 Å². The minimum atomic E-state index is -3.29. The second-order valence-corrected chi connectivity index (χ2v) is 4.95. The van der Waals surface area contributed by atoms with Gasteiger partial charge in [-0.15, -0.1) is 0 Å². The number of hydrogen-bond donors (Lipinski definition) is 2. The van der Waals surface area contributed by atoms with E-state index in [0.29, 0.717) is 6.54 Å². The number of nitrogens with one attached hydrogen (secondary N) is 2. The molecule has 0 bridgehead atoms. The highest BCUT2D eigenvalue weighted by Gasteiger charge is 2.09. The van der Waals surface area contributed by atoms with Crippen molar-refractivity contribution < 1.29 is 13.2 Å². The number of sulfonamides is 1. The van der Waals surface area contributed by atoms with Crippen LogP contribution in [-0.4, -0.2) is 42.8 Å². The average Bonchev–Trinajstić information content (AvgIpc) is 2.69. The summed E-state index contributed by atoms with van der Waals surface area (Å²) in [5.74, 6) is -0.138. The van der Waals surface area contributed by atoms with Crippen LogP contribution in [0, 0.1) is 0 Å². The van der Waals surface area contributed by atoms with Gasteiger partial charge in [-0.25, -0.2) is 22.9 Å². The van der Waals surface area contributed by atoms with Crippen LogP contribution in [0.3, 0.4) is 0 Å². The molecule has 1 heterocycles. The summed E-state index contributed by atoms with van der Waals surface area (Å²) in [5.41, 5.74) is 0. The normalized spacial score (nSPS) is 11.3. The number of nitrogens with zero attached hydrogens (tertiary/aromatic N) is 2. The quantitative estimate of drug-likeness (QED) is 0.724. The molecule has 0 atom stereocenters. The molecule has 0 radical (unpaired) electrons. The Bertz CT molecular complexity index is 426. The highest BCUT2D eigenvalue weighted by molar-refractivity contribution is 7.89. The summed E-state index contributed by atoms with van der Waals surface area (Å²) >= 11 is 0. The average molecular weight is 246 g/mol. The molecule has 1 aromatic heterocycles. The zero-order valence-electron chi connectivity index (χ0n) is 8.88. The fraction of sp³-hybridized carbons (Fsp3) is 0.500. The second-order valence-electron chi connectivity index (χ2n) is 3.02. The molecule has 16 heavy (non-hydrogen) atoms. The first-order valence-electron chi connectivity index (χ1n) is 4.78. The Morgan fingerprint density at radius 3 is 2.81 bits per heavy atom. The molecule has 7 nitrogen and oxygen atoms in total. The Hall–Kier alpha value is -1.41. The van der Waals surface area contributed by atoms with E-state index in [9.17, 15) is 13.2 Å². The lowest BCUT2D eigenvalue weighted by Crippen LogP contribution is -2.35.